The summed E-state index contributed by atoms with van der Waals surface area (Å²) < 4.78 is 0. The summed E-state index contributed by atoms with van der Waals surface area (Å²) in [6.45, 7) is 3.81. The molecule has 1 amide bonds. The Morgan fingerprint density at radius 3 is 2.22 bits per heavy atom. The molecule has 0 spiro atoms. The predicted molar refractivity (Wildman–Crippen MR) is 143 cm³/mol. The number of benzene rings is 3. The van der Waals surface area contributed by atoms with Crippen LogP contribution < -0.4 is 11.1 Å². The molecular formula is C31H36N2O3. The first-order valence-electron chi connectivity index (χ1n) is 12.8. The first kappa shape index (κ1) is 25.6. The molecule has 1 fully saturated rings. The zero-order valence-electron chi connectivity index (χ0n) is 20.9. The number of aliphatic carboxylic acids is 1. The molecule has 4 unspecified atom stereocenters. The number of piperidine rings is 1. The van der Waals surface area contributed by atoms with Gasteiger partial charge in [-0.15, -0.1) is 0 Å². The molecule has 0 bridgehead atoms. The lowest BCUT2D eigenvalue weighted by Gasteiger charge is -2.43. The van der Waals surface area contributed by atoms with Gasteiger partial charge in [-0.25, -0.2) is 0 Å². The number of carbonyl (C=O) groups excluding carboxylic acids is 1. The van der Waals surface area contributed by atoms with Gasteiger partial charge in [-0.05, 0) is 67.3 Å². The number of carboxylic acids is 1. The maximum Gasteiger partial charge on any atom is 0.310 e. The quantitative estimate of drug-likeness (QED) is 0.474. The van der Waals surface area contributed by atoms with Crippen LogP contribution in [0.2, 0.25) is 0 Å². The van der Waals surface area contributed by atoms with Crippen LogP contribution in [0.15, 0.2) is 84.9 Å². The Hall–Kier alpha value is -3.44. The number of nitrogens with one attached hydrogen (secondary N) is 1. The molecule has 2 aliphatic rings. The average Bonchev–Trinajstić information content (AvgIpc) is 2.93. The summed E-state index contributed by atoms with van der Waals surface area (Å²) >= 11 is 0. The fourth-order valence-corrected chi connectivity index (χ4v) is 5.93. The Labute approximate surface area is 213 Å². The highest BCUT2D eigenvalue weighted by Crippen LogP contribution is 2.44. The van der Waals surface area contributed by atoms with E-state index in [2.05, 4.69) is 29.6 Å². The van der Waals surface area contributed by atoms with Crippen LogP contribution in [0.5, 0.6) is 0 Å². The summed E-state index contributed by atoms with van der Waals surface area (Å²) in [6.07, 6.45) is 3.74. The molecule has 1 saturated heterocycles. The van der Waals surface area contributed by atoms with Crippen molar-refractivity contribution in [2.24, 2.45) is 11.7 Å². The first-order chi connectivity index (χ1) is 17.4. The topological polar surface area (TPSA) is 92.4 Å². The number of carboxylic acid groups (broad SMARTS) is 1. The van der Waals surface area contributed by atoms with Crippen molar-refractivity contribution in [1.29, 1.82) is 0 Å². The van der Waals surface area contributed by atoms with E-state index in [-0.39, 0.29) is 23.7 Å². The molecule has 3 aromatic rings. The van der Waals surface area contributed by atoms with E-state index in [0.717, 1.165) is 49.9 Å². The highest BCUT2D eigenvalue weighted by atomic mass is 16.4. The number of rotatable bonds is 5. The average molecular weight is 485 g/mol. The molecule has 1 heterocycles. The number of fused-ring (bicyclic) bond motifs is 1. The second-order valence-electron chi connectivity index (χ2n) is 10.0. The number of amides is 1. The third kappa shape index (κ3) is 5.36. The fraction of sp³-hybridized carbons (Fsp3) is 0.355. The maximum atomic E-state index is 12.5. The van der Waals surface area contributed by atoms with E-state index in [0.29, 0.717) is 0 Å². The standard InChI is InChI=1S/C20H24N2O.C11H12O2/c1-20(19(21)23,16-10-6-3-7-11-16)18-12-13-22-14-17(18)15-8-4-2-5-9-15;12-11(13)10-7-3-5-8-4-1-2-6-9(8)10/h2-11,17-18,22H,12-14H2,1H3,(H2,21,23);1-2,4,6,10H,3,5,7H2,(H,12,13). The van der Waals surface area contributed by atoms with Crippen LogP contribution in [0.25, 0.3) is 0 Å². The number of nitrogens with two attached hydrogens (primary N) is 1. The van der Waals surface area contributed by atoms with Crippen molar-refractivity contribution in [1.82, 2.24) is 5.32 Å². The minimum atomic E-state index is -0.688. The summed E-state index contributed by atoms with van der Waals surface area (Å²) in [6, 6.07) is 28.3. The SMILES string of the molecule is CC(C(N)=O)(c1ccccc1)C1CCNCC1c1ccccc1.O=C(O)C1CCCc2ccccc21. The van der Waals surface area contributed by atoms with Gasteiger partial charge in [0.05, 0.1) is 11.3 Å². The summed E-state index contributed by atoms with van der Waals surface area (Å²) in [5.74, 6) is -0.734. The van der Waals surface area contributed by atoms with Crippen molar-refractivity contribution in [3.63, 3.8) is 0 Å². The highest BCUT2D eigenvalue weighted by molar-refractivity contribution is 5.87. The third-order valence-electron chi connectivity index (χ3n) is 8.00. The molecule has 5 nitrogen and oxygen atoms in total. The molecule has 5 rings (SSSR count). The van der Waals surface area contributed by atoms with E-state index in [1.165, 1.54) is 11.1 Å². The lowest BCUT2D eigenvalue weighted by molar-refractivity contribution is -0.139. The number of hydrogen-bond donors (Lipinski definition) is 3. The van der Waals surface area contributed by atoms with Crippen molar-refractivity contribution < 1.29 is 14.7 Å². The van der Waals surface area contributed by atoms with Crippen LogP contribution >= 0.6 is 0 Å². The van der Waals surface area contributed by atoms with Gasteiger partial charge in [0, 0.05) is 12.5 Å². The molecule has 4 atom stereocenters. The fourth-order valence-electron chi connectivity index (χ4n) is 5.93. The summed E-state index contributed by atoms with van der Waals surface area (Å²) in [5.41, 5.74) is 9.76. The van der Waals surface area contributed by atoms with E-state index >= 15 is 0 Å². The zero-order chi connectivity index (χ0) is 25.5. The Kier molecular flexibility index (Phi) is 8.21. The van der Waals surface area contributed by atoms with Crippen LogP contribution in [0.1, 0.15) is 60.3 Å². The largest absolute Gasteiger partial charge is 0.481 e. The minimum absolute atomic E-state index is 0.186. The molecule has 188 valence electrons. The Morgan fingerprint density at radius 2 is 1.56 bits per heavy atom. The lowest BCUT2D eigenvalue weighted by atomic mass is 9.62. The van der Waals surface area contributed by atoms with Crippen LogP contribution in [0.3, 0.4) is 0 Å². The van der Waals surface area contributed by atoms with Crippen LogP contribution in [0, 0.1) is 5.92 Å². The summed E-state index contributed by atoms with van der Waals surface area (Å²) in [7, 11) is 0. The van der Waals surface area contributed by atoms with Gasteiger partial charge in [0.2, 0.25) is 5.91 Å². The van der Waals surface area contributed by atoms with Crippen molar-refractivity contribution in [3.8, 4) is 0 Å². The second-order valence-corrected chi connectivity index (χ2v) is 10.0. The van der Waals surface area contributed by atoms with Gasteiger partial charge in [0.1, 0.15) is 0 Å². The number of carbonyl (C=O) groups is 2. The van der Waals surface area contributed by atoms with E-state index in [9.17, 15) is 9.59 Å². The molecule has 0 saturated carbocycles. The smallest absolute Gasteiger partial charge is 0.310 e. The number of hydrogen-bond acceptors (Lipinski definition) is 3. The Bertz CT molecular complexity index is 1160. The molecule has 0 aromatic heterocycles. The van der Waals surface area contributed by atoms with Crippen molar-refractivity contribution in [3.05, 3.63) is 107 Å². The maximum absolute atomic E-state index is 12.5. The van der Waals surface area contributed by atoms with Gasteiger partial charge in [0.25, 0.3) is 0 Å². The van der Waals surface area contributed by atoms with E-state index in [1.54, 1.807) is 0 Å². The second kappa shape index (κ2) is 11.5. The molecule has 4 N–H and O–H groups in total. The van der Waals surface area contributed by atoms with E-state index in [4.69, 9.17) is 10.8 Å². The third-order valence-corrected chi connectivity index (χ3v) is 8.00. The molecule has 36 heavy (non-hydrogen) atoms. The van der Waals surface area contributed by atoms with Gasteiger partial charge in [-0.3, -0.25) is 9.59 Å². The summed E-state index contributed by atoms with van der Waals surface area (Å²) in [4.78, 5) is 23.4. The van der Waals surface area contributed by atoms with Gasteiger partial charge < -0.3 is 16.2 Å². The van der Waals surface area contributed by atoms with Crippen molar-refractivity contribution >= 4 is 11.9 Å². The van der Waals surface area contributed by atoms with Crippen molar-refractivity contribution in [2.45, 2.75) is 49.9 Å². The predicted octanol–water partition coefficient (Wildman–Crippen LogP) is 5.01. The van der Waals surface area contributed by atoms with Gasteiger partial charge >= 0.3 is 5.97 Å². The molecule has 0 radical (unpaired) electrons. The van der Waals surface area contributed by atoms with Crippen LogP contribution in [0.4, 0.5) is 0 Å². The molecule has 5 heteroatoms. The Balaban J connectivity index is 0.000000197. The number of primary amides is 1. The molecule has 1 aliphatic carbocycles. The normalized spacial score (nSPS) is 22.8. The van der Waals surface area contributed by atoms with Crippen LogP contribution in [-0.2, 0) is 21.4 Å². The van der Waals surface area contributed by atoms with E-state index < -0.39 is 11.4 Å². The molecule has 1 aliphatic heterocycles. The summed E-state index contributed by atoms with van der Waals surface area (Å²) in [5, 5.41) is 12.5. The lowest BCUT2D eigenvalue weighted by Crippen LogP contribution is -2.51. The van der Waals surface area contributed by atoms with Crippen molar-refractivity contribution in [2.75, 3.05) is 13.1 Å². The first-order valence-corrected chi connectivity index (χ1v) is 12.8. The van der Waals surface area contributed by atoms with E-state index in [1.807, 2.05) is 67.6 Å². The monoisotopic (exact) mass is 484 g/mol. The Morgan fingerprint density at radius 1 is 0.917 bits per heavy atom. The van der Waals surface area contributed by atoms with Gasteiger partial charge in [-0.2, -0.15) is 0 Å². The molecular weight excluding hydrogens is 448 g/mol. The zero-order valence-corrected chi connectivity index (χ0v) is 20.9. The minimum Gasteiger partial charge on any atom is -0.481 e. The molecule has 3 aromatic carbocycles. The highest BCUT2D eigenvalue weighted by Gasteiger charge is 2.46. The van der Waals surface area contributed by atoms with Gasteiger partial charge in [0.15, 0.2) is 0 Å². The van der Waals surface area contributed by atoms with Crippen LogP contribution in [-0.4, -0.2) is 30.1 Å². The van der Waals surface area contributed by atoms with Gasteiger partial charge in [-0.1, -0.05) is 84.9 Å². The number of aryl methyl sites for hydroxylation is 1.